The van der Waals surface area contributed by atoms with Crippen LogP contribution in [0, 0.1) is 13.8 Å². The van der Waals surface area contributed by atoms with Gasteiger partial charge in [-0.2, -0.15) is 0 Å². The fraction of sp³-hybridized carbons (Fsp3) is 0.222. The van der Waals surface area contributed by atoms with Crippen LogP contribution in [0.4, 0.5) is 4.79 Å². The lowest BCUT2D eigenvalue weighted by molar-refractivity contribution is 0.143. The van der Waals surface area contributed by atoms with Crippen molar-refractivity contribution in [3.05, 3.63) is 99.6 Å². The Labute approximate surface area is 188 Å². The Kier molecular flexibility index (Phi) is 6.43. The molecule has 0 aromatic heterocycles. The molecule has 3 nitrogen and oxygen atoms in total. The summed E-state index contributed by atoms with van der Waals surface area (Å²) in [5.74, 6) is 0.0782. The Hall–Kier alpha value is -3.04. The first kappa shape index (κ1) is 21.2. The van der Waals surface area contributed by atoms with Crippen LogP contribution in [0.3, 0.4) is 0 Å². The average Bonchev–Trinajstić information content (AvgIpc) is 3.09. The number of hydrogen-bond acceptors (Lipinski definition) is 2. The van der Waals surface area contributed by atoms with Crippen molar-refractivity contribution in [1.82, 2.24) is 5.32 Å². The molecule has 4 rings (SSSR count). The van der Waals surface area contributed by atoms with Gasteiger partial charge in [0, 0.05) is 17.5 Å². The highest BCUT2D eigenvalue weighted by atomic mass is 35.5. The number of halogens is 1. The van der Waals surface area contributed by atoms with E-state index in [0.29, 0.717) is 13.2 Å². The Balaban J connectivity index is 1.28. The van der Waals surface area contributed by atoms with Crippen molar-refractivity contribution in [2.24, 2.45) is 0 Å². The van der Waals surface area contributed by atoms with Crippen LogP contribution in [0.1, 0.15) is 40.2 Å². The molecule has 0 saturated heterocycles. The van der Waals surface area contributed by atoms with Crippen molar-refractivity contribution in [2.45, 2.75) is 26.2 Å². The quantitative estimate of drug-likeness (QED) is 0.431. The van der Waals surface area contributed by atoms with Gasteiger partial charge in [0.2, 0.25) is 0 Å². The summed E-state index contributed by atoms with van der Waals surface area (Å²) in [5.41, 5.74) is 8.13. The predicted octanol–water partition coefficient (Wildman–Crippen LogP) is 6.90. The van der Waals surface area contributed by atoms with Gasteiger partial charge in [-0.25, -0.2) is 4.79 Å². The van der Waals surface area contributed by atoms with Crippen LogP contribution < -0.4 is 5.32 Å². The van der Waals surface area contributed by atoms with Crippen molar-refractivity contribution in [1.29, 1.82) is 0 Å². The molecule has 1 aliphatic carbocycles. The Morgan fingerprint density at radius 2 is 1.58 bits per heavy atom. The van der Waals surface area contributed by atoms with Gasteiger partial charge < -0.3 is 10.1 Å². The van der Waals surface area contributed by atoms with Gasteiger partial charge in [0.15, 0.2) is 0 Å². The molecule has 0 radical (unpaired) electrons. The summed E-state index contributed by atoms with van der Waals surface area (Å²) in [6, 6.07) is 20.8. The number of fused-ring (bicyclic) bond motifs is 3. The molecule has 158 valence electrons. The van der Waals surface area contributed by atoms with Crippen molar-refractivity contribution in [3.8, 4) is 11.1 Å². The maximum Gasteiger partial charge on any atom is 0.407 e. The van der Waals surface area contributed by atoms with Gasteiger partial charge in [0.05, 0.1) is 0 Å². The highest BCUT2D eigenvalue weighted by Gasteiger charge is 2.28. The molecule has 3 aromatic rings. The summed E-state index contributed by atoms with van der Waals surface area (Å²) in [4.78, 5) is 12.2. The van der Waals surface area contributed by atoms with Gasteiger partial charge in [-0.3, -0.25) is 0 Å². The second kappa shape index (κ2) is 9.40. The molecule has 0 atom stereocenters. The number of nitrogens with one attached hydrogen (secondary N) is 1. The lowest BCUT2D eigenvalue weighted by Gasteiger charge is -2.14. The normalized spacial score (nSPS) is 12.6. The number of carbonyl (C=O) groups excluding carboxylic acids is 1. The van der Waals surface area contributed by atoms with Gasteiger partial charge in [0.1, 0.15) is 6.61 Å². The van der Waals surface area contributed by atoms with E-state index in [9.17, 15) is 4.79 Å². The molecular formula is C27H26ClNO2. The number of aryl methyl sites for hydroxylation is 2. The third kappa shape index (κ3) is 4.67. The maximum atomic E-state index is 12.2. The van der Waals surface area contributed by atoms with Crippen LogP contribution in [0.15, 0.2) is 66.7 Å². The average molecular weight is 432 g/mol. The minimum Gasteiger partial charge on any atom is -0.449 e. The molecule has 0 unspecified atom stereocenters. The van der Waals surface area contributed by atoms with E-state index >= 15 is 0 Å². The fourth-order valence-electron chi connectivity index (χ4n) is 4.20. The zero-order valence-electron chi connectivity index (χ0n) is 17.8. The van der Waals surface area contributed by atoms with Gasteiger partial charge in [-0.15, -0.1) is 0 Å². The zero-order valence-corrected chi connectivity index (χ0v) is 18.6. The smallest absolute Gasteiger partial charge is 0.407 e. The number of rotatable bonds is 6. The molecule has 0 aliphatic heterocycles. The van der Waals surface area contributed by atoms with E-state index < -0.39 is 0 Å². The standard InChI is InChI=1S/C27H26ClNO2/c1-18-15-20(16-19(2)26(18)28)9-7-8-14-29-27(30)31-17-25-23-12-5-3-10-21(23)22-11-4-6-13-24(22)25/h3-7,9-13,15-16,25H,8,14,17H2,1-2H3,(H,29,30). The second-order valence-electron chi connectivity index (χ2n) is 7.91. The van der Waals surface area contributed by atoms with Crippen LogP contribution in [-0.2, 0) is 4.74 Å². The van der Waals surface area contributed by atoms with Crippen LogP contribution in [0.2, 0.25) is 5.02 Å². The minimum atomic E-state index is -0.381. The summed E-state index contributed by atoms with van der Waals surface area (Å²) in [6.07, 6.45) is 4.44. The van der Waals surface area contributed by atoms with Crippen molar-refractivity contribution in [2.75, 3.05) is 13.2 Å². The van der Waals surface area contributed by atoms with E-state index in [2.05, 4.69) is 47.8 Å². The summed E-state index contributed by atoms with van der Waals surface area (Å²) >= 11 is 6.22. The monoisotopic (exact) mass is 431 g/mol. The molecule has 1 aliphatic rings. The predicted molar refractivity (Wildman–Crippen MR) is 128 cm³/mol. The van der Waals surface area contributed by atoms with E-state index in [4.69, 9.17) is 16.3 Å². The van der Waals surface area contributed by atoms with Crippen LogP contribution in [-0.4, -0.2) is 19.2 Å². The summed E-state index contributed by atoms with van der Waals surface area (Å²) in [6.45, 7) is 4.87. The number of carbonyl (C=O) groups is 1. The van der Waals surface area contributed by atoms with E-state index in [1.165, 1.54) is 22.3 Å². The highest BCUT2D eigenvalue weighted by Crippen LogP contribution is 2.44. The molecule has 0 fully saturated rings. The molecule has 0 heterocycles. The van der Waals surface area contributed by atoms with Crippen LogP contribution >= 0.6 is 11.6 Å². The molecule has 1 N–H and O–H groups in total. The third-order valence-corrected chi connectivity index (χ3v) is 6.29. The zero-order chi connectivity index (χ0) is 21.8. The molecular weight excluding hydrogens is 406 g/mol. The SMILES string of the molecule is Cc1cc(C=CCCNC(=O)OCC2c3ccccc3-c3ccccc32)cc(C)c1Cl. The van der Waals surface area contributed by atoms with Crippen molar-refractivity contribution in [3.63, 3.8) is 0 Å². The first-order valence-corrected chi connectivity index (χ1v) is 10.9. The van der Waals surface area contributed by atoms with Crippen LogP contribution in [0.25, 0.3) is 17.2 Å². The molecule has 31 heavy (non-hydrogen) atoms. The van der Waals surface area contributed by atoms with E-state index in [1.807, 2.05) is 44.2 Å². The fourth-order valence-corrected chi connectivity index (χ4v) is 4.31. The Morgan fingerprint density at radius 3 is 2.19 bits per heavy atom. The molecule has 0 bridgehead atoms. The number of hydrogen-bond donors (Lipinski definition) is 1. The van der Waals surface area contributed by atoms with Crippen LogP contribution in [0.5, 0.6) is 0 Å². The van der Waals surface area contributed by atoms with Gasteiger partial charge >= 0.3 is 6.09 Å². The Morgan fingerprint density at radius 1 is 1.00 bits per heavy atom. The molecule has 0 saturated carbocycles. The summed E-state index contributed by atoms with van der Waals surface area (Å²) < 4.78 is 5.56. The summed E-state index contributed by atoms with van der Waals surface area (Å²) in [5, 5.41) is 3.65. The largest absolute Gasteiger partial charge is 0.449 e. The van der Waals surface area contributed by atoms with Gasteiger partial charge in [-0.1, -0.05) is 84.4 Å². The third-order valence-electron chi connectivity index (χ3n) is 5.69. The first-order chi connectivity index (χ1) is 15.0. The number of benzene rings is 3. The van der Waals surface area contributed by atoms with Gasteiger partial charge in [0.25, 0.3) is 0 Å². The summed E-state index contributed by atoms with van der Waals surface area (Å²) in [7, 11) is 0. The second-order valence-corrected chi connectivity index (χ2v) is 8.29. The molecule has 3 aromatic carbocycles. The molecule has 0 spiro atoms. The number of ether oxygens (including phenoxy) is 1. The van der Waals surface area contributed by atoms with Crippen molar-refractivity contribution < 1.29 is 9.53 Å². The van der Waals surface area contributed by atoms with E-state index in [0.717, 1.165) is 28.1 Å². The van der Waals surface area contributed by atoms with E-state index in [-0.39, 0.29) is 12.0 Å². The minimum absolute atomic E-state index is 0.0782. The first-order valence-electron chi connectivity index (χ1n) is 10.6. The maximum absolute atomic E-state index is 12.2. The molecule has 4 heteroatoms. The molecule has 1 amide bonds. The van der Waals surface area contributed by atoms with E-state index in [1.54, 1.807) is 0 Å². The Bertz CT molecular complexity index is 1070. The topological polar surface area (TPSA) is 38.3 Å². The highest BCUT2D eigenvalue weighted by molar-refractivity contribution is 6.32. The van der Waals surface area contributed by atoms with Gasteiger partial charge in [-0.05, 0) is 59.2 Å². The van der Waals surface area contributed by atoms with Crippen molar-refractivity contribution >= 4 is 23.8 Å². The number of amides is 1. The number of alkyl carbamates (subject to hydrolysis) is 1. The lowest BCUT2D eigenvalue weighted by Crippen LogP contribution is -2.26. The lowest BCUT2D eigenvalue weighted by atomic mass is 9.98.